The van der Waals surface area contributed by atoms with Gasteiger partial charge in [0, 0.05) is 13.0 Å². The van der Waals surface area contributed by atoms with Gasteiger partial charge in [-0.05, 0) is 42.0 Å². The van der Waals surface area contributed by atoms with Crippen LogP contribution in [0.3, 0.4) is 0 Å². The summed E-state index contributed by atoms with van der Waals surface area (Å²) in [5, 5.41) is 5.78. The average molecular weight is 370 g/mol. The van der Waals surface area contributed by atoms with Crippen molar-refractivity contribution in [2.75, 3.05) is 6.54 Å². The molecule has 2 N–H and O–H groups in total. The van der Waals surface area contributed by atoms with Crippen molar-refractivity contribution in [3.8, 4) is 0 Å². The Bertz CT molecular complexity index is 706. The highest BCUT2D eigenvalue weighted by Gasteiger charge is 2.18. The van der Waals surface area contributed by atoms with Gasteiger partial charge in [-0.25, -0.2) is 0 Å². The third kappa shape index (κ3) is 6.59. The van der Waals surface area contributed by atoms with Crippen LogP contribution in [0.4, 0.5) is 0 Å². The fourth-order valence-corrected chi connectivity index (χ4v) is 2.94. The first-order valence-corrected chi connectivity index (χ1v) is 9.71. The van der Waals surface area contributed by atoms with Crippen LogP contribution in [-0.4, -0.2) is 18.4 Å². The van der Waals surface area contributed by atoms with Crippen molar-refractivity contribution in [2.45, 2.75) is 52.5 Å². The minimum absolute atomic E-state index is 0.0431. The standard InChI is InChI=1S/C22H30N2O3/c1-4-5-7-17-9-11-18(12-10-17)21(16(2)3)24-20(25)13-14-23-22(26)19-8-6-15-27-19/h6,8-12,15-16,21H,4-5,7,13-14H2,1-3H3,(H,23,26)(H,24,25). The van der Waals surface area contributed by atoms with E-state index in [9.17, 15) is 9.59 Å². The zero-order chi connectivity index (χ0) is 19.6. The quantitative estimate of drug-likeness (QED) is 0.656. The molecule has 1 atom stereocenters. The molecule has 0 saturated heterocycles. The summed E-state index contributed by atoms with van der Waals surface area (Å²) in [5.41, 5.74) is 2.44. The van der Waals surface area contributed by atoms with E-state index in [4.69, 9.17) is 4.42 Å². The molecule has 0 aliphatic rings. The predicted molar refractivity (Wildman–Crippen MR) is 106 cm³/mol. The van der Waals surface area contributed by atoms with Crippen molar-refractivity contribution >= 4 is 11.8 Å². The van der Waals surface area contributed by atoms with Crippen LogP contribution >= 0.6 is 0 Å². The second-order valence-electron chi connectivity index (χ2n) is 7.12. The number of nitrogens with one attached hydrogen (secondary N) is 2. The molecular formula is C22H30N2O3. The number of carbonyl (C=O) groups is 2. The van der Waals surface area contributed by atoms with Crippen LogP contribution in [0, 0.1) is 5.92 Å². The lowest BCUT2D eigenvalue weighted by atomic mass is 9.94. The fourth-order valence-electron chi connectivity index (χ4n) is 2.94. The number of unbranched alkanes of at least 4 members (excludes halogenated alkanes) is 1. The second kappa shape index (κ2) is 10.6. The van der Waals surface area contributed by atoms with E-state index in [-0.39, 0.29) is 42.5 Å². The molecule has 0 aliphatic carbocycles. The number of hydrogen-bond donors (Lipinski definition) is 2. The molecule has 27 heavy (non-hydrogen) atoms. The first kappa shape index (κ1) is 20.7. The maximum absolute atomic E-state index is 12.3. The zero-order valence-corrected chi connectivity index (χ0v) is 16.5. The number of carbonyl (C=O) groups excluding carboxylic acids is 2. The predicted octanol–water partition coefficient (Wildman–Crippen LogP) is 4.26. The van der Waals surface area contributed by atoms with Crippen LogP contribution in [0.1, 0.15) is 67.8 Å². The summed E-state index contributed by atoms with van der Waals surface area (Å²) >= 11 is 0. The largest absolute Gasteiger partial charge is 0.459 e. The molecule has 1 aromatic carbocycles. The summed E-state index contributed by atoms with van der Waals surface area (Å²) in [7, 11) is 0. The highest BCUT2D eigenvalue weighted by Crippen LogP contribution is 2.22. The third-order valence-electron chi connectivity index (χ3n) is 4.52. The van der Waals surface area contributed by atoms with E-state index in [1.54, 1.807) is 12.1 Å². The molecule has 2 rings (SSSR count). The lowest BCUT2D eigenvalue weighted by molar-refractivity contribution is -0.122. The van der Waals surface area contributed by atoms with E-state index in [0.29, 0.717) is 0 Å². The van der Waals surface area contributed by atoms with Gasteiger partial charge in [0.25, 0.3) is 5.91 Å². The average Bonchev–Trinajstić information content (AvgIpc) is 3.19. The van der Waals surface area contributed by atoms with Gasteiger partial charge >= 0.3 is 0 Å². The lowest BCUT2D eigenvalue weighted by Gasteiger charge is -2.23. The molecule has 0 spiro atoms. The topological polar surface area (TPSA) is 71.3 Å². The number of benzene rings is 1. The van der Waals surface area contributed by atoms with Crippen molar-refractivity contribution in [1.82, 2.24) is 10.6 Å². The smallest absolute Gasteiger partial charge is 0.286 e. The van der Waals surface area contributed by atoms with E-state index < -0.39 is 0 Å². The maximum Gasteiger partial charge on any atom is 0.286 e. The van der Waals surface area contributed by atoms with Crippen molar-refractivity contribution < 1.29 is 14.0 Å². The van der Waals surface area contributed by atoms with Crippen LogP contribution < -0.4 is 10.6 Å². The molecule has 0 saturated carbocycles. The number of rotatable bonds is 10. The number of hydrogen-bond acceptors (Lipinski definition) is 3. The van der Waals surface area contributed by atoms with E-state index in [2.05, 4.69) is 55.7 Å². The summed E-state index contributed by atoms with van der Waals surface area (Å²) in [6.45, 7) is 6.64. The SMILES string of the molecule is CCCCc1ccc(C(NC(=O)CCNC(=O)c2ccco2)C(C)C)cc1. The van der Waals surface area contributed by atoms with E-state index >= 15 is 0 Å². The normalized spacial score (nSPS) is 12.0. The third-order valence-corrected chi connectivity index (χ3v) is 4.52. The molecule has 1 aromatic heterocycles. The lowest BCUT2D eigenvalue weighted by Crippen LogP contribution is -2.34. The zero-order valence-electron chi connectivity index (χ0n) is 16.5. The Kier molecular flexibility index (Phi) is 8.11. The number of furan rings is 1. The molecular weight excluding hydrogens is 340 g/mol. The molecule has 0 aliphatic heterocycles. The summed E-state index contributed by atoms with van der Waals surface area (Å²) in [6, 6.07) is 11.7. The molecule has 2 aromatic rings. The Balaban J connectivity index is 1.85. The first-order valence-electron chi connectivity index (χ1n) is 9.71. The summed E-state index contributed by atoms with van der Waals surface area (Å²) in [5.74, 6) is 0.131. The van der Waals surface area contributed by atoms with Gasteiger partial charge in [0.05, 0.1) is 12.3 Å². The van der Waals surface area contributed by atoms with Crippen molar-refractivity contribution in [2.24, 2.45) is 5.92 Å². The van der Waals surface area contributed by atoms with Gasteiger partial charge in [-0.2, -0.15) is 0 Å². The van der Waals surface area contributed by atoms with Gasteiger partial charge in [0.2, 0.25) is 5.91 Å². The minimum atomic E-state index is -0.309. The number of amides is 2. The van der Waals surface area contributed by atoms with E-state index in [1.807, 2.05) is 0 Å². The molecule has 0 bridgehead atoms. The minimum Gasteiger partial charge on any atom is -0.459 e. The Morgan fingerprint density at radius 1 is 1.11 bits per heavy atom. The fraction of sp³-hybridized carbons (Fsp3) is 0.455. The van der Waals surface area contributed by atoms with Crippen molar-refractivity contribution in [1.29, 1.82) is 0 Å². The van der Waals surface area contributed by atoms with Gasteiger partial charge in [-0.1, -0.05) is 51.5 Å². The monoisotopic (exact) mass is 370 g/mol. The summed E-state index contributed by atoms with van der Waals surface area (Å²) in [6.07, 6.45) is 5.13. The molecule has 5 heteroatoms. The molecule has 0 fully saturated rings. The van der Waals surface area contributed by atoms with Crippen LogP contribution in [0.5, 0.6) is 0 Å². The van der Waals surface area contributed by atoms with Gasteiger partial charge in [0.15, 0.2) is 5.76 Å². The Hall–Kier alpha value is -2.56. The van der Waals surface area contributed by atoms with Gasteiger partial charge < -0.3 is 15.1 Å². The molecule has 1 unspecified atom stereocenters. The molecule has 0 radical (unpaired) electrons. The summed E-state index contributed by atoms with van der Waals surface area (Å²) < 4.78 is 5.03. The van der Waals surface area contributed by atoms with Crippen LogP contribution in [0.2, 0.25) is 0 Å². The highest BCUT2D eigenvalue weighted by atomic mass is 16.3. The van der Waals surface area contributed by atoms with Crippen molar-refractivity contribution in [3.63, 3.8) is 0 Å². The Morgan fingerprint density at radius 2 is 1.85 bits per heavy atom. The van der Waals surface area contributed by atoms with Gasteiger partial charge in [0.1, 0.15) is 0 Å². The summed E-state index contributed by atoms with van der Waals surface area (Å²) in [4.78, 5) is 24.1. The Labute approximate surface area is 161 Å². The molecule has 146 valence electrons. The van der Waals surface area contributed by atoms with Gasteiger partial charge in [-0.15, -0.1) is 0 Å². The van der Waals surface area contributed by atoms with Crippen LogP contribution in [0.15, 0.2) is 47.1 Å². The number of aryl methyl sites for hydroxylation is 1. The molecule has 2 amide bonds. The van der Waals surface area contributed by atoms with Gasteiger partial charge in [-0.3, -0.25) is 9.59 Å². The second-order valence-corrected chi connectivity index (χ2v) is 7.12. The van der Waals surface area contributed by atoms with Crippen molar-refractivity contribution in [3.05, 3.63) is 59.5 Å². The van der Waals surface area contributed by atoms with Crippen LogP contribution in [0.25, 0.3) is 0 Å². The Morgan fingerprint density at radius 3 is 2.44 bits per heavy atom. The first-order chi connectivity index (χ1) is 13.0. The molecule has 5 nitrogen and oxygen atoms in total. The van der Waals surface area contributed by atoms with Crippen LogP contribution in [-0.2, 0) is 11.2 Å². The highest BCUT2D eigenvalue weighted by molar-refractivity contribution is 5.91. The maximum atomic E-state index is 12.3. The van der Waals surface area contributed by atoms with E-state index in [0.717, 1.165) is 12.0 Å². The molecule has 1 heterocycles. The van der Waals surface area contributed by atoms with E-state index in [1.165, 1.54) is 24.7 Å².